The molecule has 1 aromatic heterocycles. The lowest BCUT2D eigenvalue weighted by atomic mass is 10.2. The third-order valence-electron chi connectivity index (χ3n) is 4.93. The second-order valence-corrected chi connectivity index (χ2v) is 9.14. The monoisotopic (exact) mass is 440 g/mol. The van der Waals surface area contributed by atoms with E-state index in [0.717, 1.165) is 5.56 Å². The molecule has 2 aromatic carbocycles. The van der Waals surface area contributed by atoms with E-state index in [1.54, 1.807) is 56.3 Å². The van der Waals surface area contributed by atoms with Gasteiger partial charge in [0.15, 0.2) is 0 Å². The maximum atomic E-state index is 13.2. The standard InChI is InChI=1S/C23H24N2O5S/c1-15-9-11-18(12-10-15)31(28,29)22-16(2)13-17(3)25(23(22)27)14-21(26)24-19-7-5-6-8-20(19)30-4/h5-13H,14H2,1-4H3,(H,24,26). The second kappa shape index (κ2) is 8.77. The van der Waals surface area contributed by atoms with Crippen molar-refractivity contribution in [3.63, 3.8) is 0 Å². The fourth-order valence-electron chi connectivity index (χ4n) is 3.35. The molecule has 0 aliphatic rings. The number of methoxy groups -OCH3 is 1. The highest BCUT2D eigenvalue weighted by Crippen LogP contribution is 2.24. The first-order valence-corrected chi connectivity index (χ1v) is 11.1. The van der Waals surface area contributed by atoms with Crippen molar-refractivity contribution in [1.82, 2.24) is 4.57 Å². The van der Waals surface area contributed by atoms with Crippen molar-refractivity contribution < 1.29 is 17.9 Å². The van der Waals surface area contributed by atoms with E-state index in [-0.39, 0.29) is 16.3 Å². The minimum atomic E-state index is -4.05. The van der Waals surface area contributed by atoms with Gasteiger partial charge in [-0.2, -0.15) is 0 Å². The van der Waals surface area contributed by atoms with Crippen LogP contribution in [0.15, 0.2) is 69.2 Å². The van der Waals surface area contributed by atoms with Crippen LogP contribution in [0.4, 0.5) is 5.69 Å². The highest BCUT2D eigenvalue weighted by molar-refractivity contribution is 7.91. The molecule has 1 N–H and O–H groups in total. The normalized spacial score (nSPS) is 11.2. The molecular weight excluding hydrogens is 416 g/mol. The Morgan fingerprint density at radius 1 is 1.03 bits per heavy atom. The lowest BCUT2D eigenvalue weighted by Crippen LogP contribution is -2.33. The number of carbonyl (C=O) groups excluding carboxylic acids is 1. The van der Waals surface area contributed by atoms with Crippen LogP contribution in [0.5, 0.6) is 5.75 Å². The van der Waals surface area contributed by atoms with E-state index in [2.05, 4.69) is 5.32 Å². The van der Waals surface area contributed by atoms with Gasteiger partial charge >= 0.3 is 0 Å². The quantitative estimate of drug-likeness (QED) is 0.635. The van der Waals surface area contributed by atoms with E-state index in [1.807, 2.05) is 6.92 Å². The van der Waals surface area contributed by atoms with Crippen LogP contribution >= 0.6 is 0 Å². The first kappa shape index (κ1) is 22.3. The number of benzene rings is 2. The minimum absolute atomic E-state index is 0.0344. The van der Waals surface area contributed by atoms with E-state index < -0.39 is 21.3 Å². The third kappa shape index (κ3) is 4.54. The van der Waals surface area contributed by atoms with E-state index >= 15 is 0 Å². The molecular formula is C23H24N2O5S. The summed E-state index contributed by atoms with van der Waals surface area (Å²) in [5, 5.41) is 2.70. The number of ether oxygens (including phenoxy) is 1. The topological polar surface area (TPSA) is 94.5 Å². The molecule has 0 aliphatic heterocycles. The number of pyridine rings is 1. The molecule has 1 heterocycles. The van der Waals surface area contributed by atoms with Crippen LogP contribution in [0.1, 0.15) is 16.8 Å². The summed E-state index contributed by atoms with van der Waals surface area (Å²) in [6.07, 6.45) is 0. The van der Waals surface area contributed by atoms with Gasteiger partial charge in [0, 0.05) is 5.69 Å². The van der Waals surface area contributed by atoms with Crippen molar-refractivity contribution >= 4 is 21.4 Å². The third-order valence-corrected chi connectivity index (χ3v) is 6.86. The Kier molecular flexibility index (Phi) is 6.31. The Bertz CT molecular complexity index is 1290. The molecule has 162 valence electrons. The number of nitrogens with zero attached hydrogens (tertiary/aromatic N) is 1. The maximum absolute atomic E-state index is 13.2. The summed E-state index contributed by atoms with van der Waals surface area (Å²) in [4.78, 5) is 25.5. The molecule has 0 aliphatic carbocycles. The fourth-order valence-corrected chi connectivity index (χ4v) is 4.90. The van der Waals surface area contributed by atoms with Crippen molar-refractivity contribution in [2.75, 3.05) is 12.4 Å². The number of hydrogen-bond donors (Lipinski definition) is 1. The molecule has 1 amide bonds. The van der Waals surface area contributed by atoms with Crippen LogP contribution in [0, 0.1) is 20.8 Å². The Labute approximate surface area is 181 Å². The number of aryl methyl sites for hydroxylation is 3. The smallest absolute Gasteiger partial charge is 0.270 e. The lowest BCUT2D eigenvalue weighted by molar-refractivity contribution is -0.116. The van der Waals surface area contributed by atoms with Crippen LogP contribution in [0.25, 0.3) is 0 Å². The van der Waals surface area contributed by atoms with Gasteiger partial charge in [0.1, 0.15) is 17.2 Å². The van der Waals surface area contributed by atoms with Gasteiger partial charge < -0.3 is 14.6 Å². The molecule has 0 atom stereocenters. The number of anilines is 1. The second-order valence-electron chi connectivity index (χ2n) is 7.25. The highest BCUT2D eigenvalue weighted by Gasteiger charge is 2.26. The van der Waals surface area contributed by atoms with Gasteiger partial charge in [0.25, 0.3) is 5.56 Å². The molecule has 0 radical (unpaired) electrons. The first-order valence-electron chi connectivity index (χ1n) is 9.61. The molecule has 0 saturated carbocycles. The van der Waals surface area contributed by atoms with Crippen molar-refractivity contribution in [2.24, 2.45) is 0 Å². The summed E-state index contributed by atoms with van der Waals surface area (Å²) in [5.41, 5.74) is 1.46. The average Bonchev–Trinajstić information content (AvgIpc) is 2.71. The van der Waals surface area contributed by atoms with Gasteiger partial charge in [0.05, 0.1) is 17.7 Å². The van der Waals surface area contributed by atoms with E-state index in [9.17, 15) is 18.0 Å². The Morgan fingerprint density at radius 3 is 2.32 bits per heavy atom. The molecule has 8 heteroatoms. The van der Waals surface area contributed by atoms with Gasteiger partial charge in [-0.25, -0.2) is 8.42 Å². The SMILES string of the molecule is COc1ccccc1NC(=O)Cn1c(C)cc(C)c(S(=O)(=O)c2ccc(C)cc2)c1=O. The number of para-hydroxylation sites is 2. The zero-order valence-electron chi connectivity index (χ0n) is 17.8. The van der Waals surface area contributed by atoms with E-state index in [1.165, 1.54) is 23.8 Å². The molecule has 3 rings (SSSR count). The number of carbonyl (C=O) groups is 1. The summed E-state index contributed by atoms with van der Waals surface area (Å²) < 4.78 is 32.7. The van der Waals surface area contributed by atoms with E-state index in [0.29, 0.717) is 22.7 Å². The molecule has 0 bridgehead atoms. The predicted octanol–water partition coefficient (Wildman–Crippen LogP) is 3.25. The van der Waals surface area contributed by atoms with Crippen molar-refractivity contribution in [2.45, 2.75) is 37.1 Å². The molecule has 0 unspecified atom stereocenters. The van der Waals surface area contributed by atoms with Gasteiger partial charge in [-0.1, -0.05) is 29.8 Å². The summed E-state index contributed by atoms with van der Waals surface area (Å²) in [6, 6.07) is 14.8. The van der Waals surface area contributed by atoms with Gasteiger partial charge in [-0.05, 0) is 56.7 Å². The Balaban J connectivity index is 2.00. The van der Waals surface area contributed by atoms with Gasteiger partial charge in [-0.15, -0.1) is 0 Å². The molecule has 0 spiro atoms. The first-order chi connectivity index (χ1) is 14.6. The summed E-state index contributed by atoms with van der Waals surface area (Å²) in [5.74, 6) is 0.00343. The van der Waals surface area contributed by atoms with Crippen LogP contribution in [0.3, 0.4) is 0 Å². The summed E-state index contributed by atoms with van der Waals surface area (Å²) >= 11 is 0. The maximum Gasteiger partial charge on any atom is 0.270 e. The number of aromatic nitrogens is 1. The zero-order chi connectivity index (χ0) is 22.8. The summed E-state index contributed by atoms with van der Waals surface area (Å²) in [7, 11) is -2.56. The fraction of sp³-hybridized carbons (Fsp3) is 0.217. The van der Waals surface area contributed by atoms with Crippen molar-refractivity contribution in [3.8, 4) is 5.75 Å². The number of sulfone groups is 1. The van der Waals surface area contributed by atoms with Crippen LogP contribution in [-0.4, -0.2) is 26.0 Å². The van der Waals surface area contributed by atoms with Crippen LogP contribution < -0.4 is 15.6 Å². The molecule has 7 nitrogen and oxygen atoms in total. The molecule has 3 aromatic rings. The van der Waals surface area contributed by atoms with Gasteiger partial charge in [0.2, 0.25) is 15.7 Å². The van der Waals surface area contributed by atoms with Crippen LogP contribution in [0.2, 0.25) is 0 Å². The summed E-state index contributed by atoms with van der Waals surface area (Å²) in [6.45, 7) is 4.75. The van der Waals surface area contributed by atoms with Crippen LogP contribution in [-0.2, 0) is 21.2 Å². The largest absolute Gasteiger partial charge is 0.495 e. The molecule has 0 saturated heterocycles. The number of amides is 1. The highest BCUT2D eigenvalue weighted by atomic mass is 32.2. The Hall–Kier alpha value is -3.39. The zero-order valence-corrected chi connectivity index (χ0v) is 18.6. The minimum Gasteiger partial charge on any atom is -0.495 e. The van der Waals surface area contributed by atoms with E-state index in [4.69, 9.17) is 4.74 Å². The average molecular weight is 441 g/mol. The number of rotatable bonds is 6. The lowest BCUT2D eigenvalue weighted by Gasteiger charge is -2.15. The number of hydrogen-bond acceptors (Lipinski definition) is 5. The molecule has 0 fully saturated rings. The molecule has 31 heavy (non-hydrogen) atoms. The number of nitrogens with one attached hydrogen (secondary N) is 1. The van der Waals surface area contributed by atoms with Crippen molar-refractivity contribution in [3.05, 3.63) is 81.8 Å². The van der Waals surface area contributed by atoms with Crippen molar-refractivity contribution in [1.29, 1.82) is 0 Å². The van der Waals surface area contributed by atoms with Gasteiger partial charge in [-0.3, -0.25) is 9.59 Å². The predicted molar refractivity (Wildman–Crippen MR) is 118 cm³/mol. The Morgan fingerprint density at radius 2 is 1.68 bits per heavy atom.